The molecule has 0 spiro atoms. The molecule has 0 fully saturated rings. The van der Waals surface area contributed by atoms with Gasteiger partial charge in [0, 0.05) is 13.2 Å². The fraction of sp³-hybridized carbons (Fsp3) is 1.00. The second kappa shape index (κ2) is 7.30. The molecule has 0 aliphatic carbocycles. The highest BCUT2D eigenvalue weighted by molar-refractivity contribution is 4.56. The van der Waals surface area contributed by atoms with Crippen molar-refractivity contribution in [2.75, 3.05) is 13.2 Å². The Morgan fingerprint density at radius 1 is 1.08 bits per heavy atom. The van der Waals surface area contributed by atoms with E-state index in [0.29, 0.717) is 6.61 Å². The van der Waals surface area contributed by atoms with Gasteiger partial charge in [-0.25, -0.2) is 5.48 Å². The van der Waals surface area contributed by atoms with E-state index < -0.39 is 0 Å². The summed E-state index contributed by atoms with van der Waals surface area (Å²) in [4.78, 5) is 5.34. The molecule has 0 aliphatic heterocycles. The van der Waals surface area contributed by atoms with Crippen molar-refractivity contribution in [2.45, 2.75) is 52.1 Å². The van der Waals surface area contributed by atoms with Crippen LogP contribution in [0.15, 0.2) is 0 Å². The Morgan fingerprint density at radius 3 is 2.23 bits per heavy atom. The van der Waals surface area contributed by atoms with Crippen molar-refractivity contribution in [1.29, 1.82) is 0 Å². The molecule has 3 heteroatoms. The van der Waals surface area contributed by atoms with Crippen LogP contribution in [0.5, 0.6) is 0 Å². The summed E-state index contributed by atoms with van der Waals surface area (Å²) in [5.41, 5.74) is 2.83. The fourth-order valence-electron chi connectivity index (χ4n) is 0.930. The molecule has 0 atom stereocenters. The molecule has 0 unspecified atom stereocenters. The van der Waals surface area contributed by atoms with Gasteiger partial charge < -0.3 is 5.11 Å². The van der Waals surface area contributed by atoms with Gasteiger partial charge in [0.05, 0.1) is 5.60 Å². The van der Waals surface area contributed by atoms with Gasteiger partial charge in [0.15, 0.2) is 0 Å². The van der Waals surface area contributed by atoms with Gasteiger partial charge in [0.2, 0.25) is 0 Å². The zero-order valence-corrected chi connectivity index (χ0v) is 9.10. The van der Waals surface area contributed by atoms with E-state index in [1.165, 1.54) is 0 Å². The van der Waals surface area contributed by atoms with Crippen molar-refractivity contribution in [3.63, 3.8) is 0 Å². The van der Waals surface area contributed by atoms with Crippen LogP contribution >= 0.6 is 0 Å². The fourth-order valence-corrected chi connectivity index (χ4v) is 0.930. The highest BCUT2D eigenvalue weighted by atomic mass is 16.7. The third-order valence-corrected chi connectivity index (χ3v) is 1.57. The second-order valence-electron chi connectivity index (χ2n) is 4.25. The third-order valence-electron chi connectivity index (χ3n) is 1.57. The van der Waals surface area contributed by atoms with Crippen LogP contribution < -0.4 is 5.48 Å². The number of hydroxylamine groups is 1. The van der Waals surface area contributed by atoms with Crippen LogP contribution in [-0.2, 0) is 4.84 Å². The van der Waals surface area contributed by atoms with Crippen LogP contribution in [0.1, 0.15) is 46.5 Å². The summed E-state index contributed by atoms with van der Waals surface area (Å²) in [5, 5.41) is 8.54. The quantitative estimate of drug-likeness (QED) is 0.474. The van der Waals surface area contributed by atoms with Crippen LogP contribution in [0.3, 0.4) is 0 Å². The van der Waals surface area contributed by atoms with Gasteiger partial charge in [-0.3, -0.25) is 4.84 Å². The predicted octanol–water partition coefficient (Wildman–Crippen LogP) is 1.86. The highest BCUT2D eigenvalue weighted by Gasteiger charge is 2.08. The number of hydrogen-bond donors (Lipinski definition) is 2. The summed E-state index contributed by atoms with van der Waals surface area (Å²) >= 11 is 0. The largest absolute Gasteiger partial charge is 0.396 e. The Hall–Kier alpha value is -0.120. The van der Waals surface area contributed by atoms with Gasteiger partial charge in [0.25, 0.3) is 0 Å². The molecular formula is C10H23NO2. The maximum absolute atomic E-state index is 8.54. The Morgan fingerprint density at radius 2 is 1.69 bits per heavy atom. The number of aliphatic hydroxyl groups is 1. The molecule has 2 N–H and O–H groups in total. The first-order valence-corrected chi connectivity index (χ1v) is 5.08. The lowest BCUT2D eigenvalue weighted by Crippen LogP contribution is -2.29. The number of rotatable bonds is 7. The Bertz CT molecular complexity index is 110. The zero-order chi connectivity index (χ0) is 10.2. The van der Waals surface area contributed by atoms with Gasteiger partial charge >= 0.3 is 0 Å². The molecule has 80 valence electrons. The van der Waals surface area contributed by atoms with E-state index in [1.54, 1.807) is 0 Å². The Balaban J connectivity index is 3.00. The topological polar surface area (TPSA) is 41.5 Å². The van der Waals surface area contributed by atoms with E-state index >= 15 is 0 Å². The van der Waals surface area contributed by atoms with E-state index in [0.717, 1.165) is 32.2 Å². The van der Waals surface area contributed by atoms with Gasteiger partial charge in [-0.05, 0) is 33.6 Å². The first-order chi connectivity index (χ1) is 6.06. The van der Waals surface area contributed by atoms with E-state index in [2.05, 4.69) is 5.48 Å². The number of hydrogen-bond acceptors (Lipinski definition) is 3. The lowest BCUT2D eigenvalue weighted by Gasteiger charge is -2.19. The number of unbranched alkanes of at least 4 members (excludes halogenated alkanes) is 3. The third kappa shape index (κ3) is 11.9. The lowest BCUT2D eigenvalue weighted by molar-refractivity contribution is -0.0726. The molecule has 0 saturated heterocycles. The maximum Gasteiger partial charge on any atom is 0.0812 e. The smallest absolute Gasteiger partial charge is 0.0812 e. The first-order valence-electron chi connectivity index (χ1n) is 5.08. The lowest BCUT2D eigenvalue weighted by atomic mass is 10.2. The number of aliphatic hydroxyl groups excluding tert-OH is 1. The van der Waals surface area contributed by atoms with E-state index in [1.807, 2.05) is 20.8 Å². The van der Waals surface area contributed by atoms with Crippen LogP contribution in [0, 0.1) is 0 Å². The van der Waals surface area contributed by atoms with E-state index in [-0.39, 0.29) is 5.60 Å². The molecular weight excluding hydrogens is 166 g/mol. The van der Waals surface area contributed by atoms with Crippen molar-refractivity contribution >= 4 is 0 Å². The van der Waals surface area contributed by atoms with E-state index in [9.17, 15) is 0 Å². The molecule has 0 amide bonds. The normalized spacial score (nSPS) is 12.0. The van der Waals surface area contributed by atoms with Crippen LogP contribution in [0.2, 0.25) is 0 Å². The van der Waals surface area contributed by atoms with Crippen molar-refractivity contribution < 1.29 is 9.94 Å². The molecule has 0 aromatic carbocycles. The monoisotopic (exact) mass is 189 g/mol. The molecule has 0 saturated carbocycles. The minimum absolute atomic E-state index is 0.106. The molecule has 0 aliphatic rings. The standard InChI is InChI=1S/C10H23NO2/c1-10(2,3)13-11-8-6-4-5-7-9-12/h11-12H,4-9H2,1-3H3. The van der Waals surface area contributed by atoms with Crippen LogP contribution in [0.4, 0.5) is 0 Å². The average molecular weight is 189 g/mol. The van der Waals surface area contributed by atoms with Crippen LogP contribution in [-0.4, -0.2) is 23.9 Å². The van der Waals surface area contributed by atoms with Gasteiger partial charge in [-0.1, -0.05) is 12.8 Å². The zero-order valence-electron chi connectivity index (χ0n) is 9.10. The molecule has 0 rings (SSSR count). The minimum Gasteiger partial charge on any atom is -0.396 e. The predicted molar refractivity (Wildman–Crippen MR) is 54.4 cm³/mol. The molecule has 0 bridgehead atoms. The Labute approximate surface area is 81.4 Å². The summed E-state index contributed by atoms with van der Waals surface area (Å²) in [6.07, 6.45) is 4.28. The molecule has 13 heavy (non-hydrogen) atoms. The number of nitrogens with one attached hydrogen (secondary N) is 1. The highest BCUT2D eigenvalue weighted by Crippen LogP contribution is 2.04. The summed E-state index contributed by atoms with van der Waals surface area (Å²) in [6.45, 7) is 7.26. The SMILES string of the molecule is CC(C)(C)ONCCCCCCO. The molecule has 0 heterocycles. The van der Waals surface area contributed by atoms with Gasteiger partial charge in [0.1, 0.15) is 0 Å². The van der Waals surface area contributed by atoms with Crippen molar-refractivity contribution in [3.8, 4) is 0 Å². The van der Waals surface area contributed by atoms with Crippen molar-refractivity contribution in [3.05, 3.63) is 0 Å². The molecule has 3 nitrogen and oxygen atoms in total. The average Bonchev–Trinajstić information content (AvgIpc) is 2.01. The summed E-state index contributed by atoms with van der Waals surface area (Å²) in [5.74, 6) is 0. The second-order valence-corrected chi connectivity index (χ2v) is 4.25. The van der Waals surface area contributed by atoms with Crippen LogP contribution in [0.25, 0.3) is 0 Å². The maximum atomic E-state index is 8.54. The Kier molecular flexibility index (Phi) is 7.23. The minimum atomic E-state index is -0.106. The molecule has 0 aromatic rings. The first kappa shape index (κ1) is 12.9. The summed E-state index contributed by atoms with van der Waals surface area (Å²) in [6, 6.07) is 0. The van der Waals surface area contributed by atoms with Crippen molar-refractivity contribution in [1.82, 2.24) is 5.48 Å². The van der Waals surface area contributed by atoms with Crippen molar-refractivity contribution in [2.24, 2.45) is 0 Å². The summed E-state index contributed by atoms with van der Waals surface area (Å²) in [7, 11) is 0. The van der Waals surface area contributed by atoms with Gasteiger partial charge in [-0.2, -0.15) is 0 Å². The summed E-state index contributed by atoms with van der Waals surface area (Å²) < 4.78 is 0. The van der Waals surface area contributed by atoms with Gasteiger partial charge in [-0.15, -0.1) is 0 Å². The van der Waals surface area contributed by atoms with E-state index in [4.69, 9.17) is 9.94 Å². The molecule has 0 aromatic heterocycles. The molecule has 0 radical (unpaired) electrons.